The minimum Gasteiger partial charge on any atom is -0.256 e. The number of pyridine rings is 1. The standard InChI is InChI=1S/C15H15N.C6H14.C3H8/c1-11(2)13-4-6-14(7-5-13)15-10-12(3)8-9-16-15;1-4-5-6(2)3;1-3-2/h4-10H,1H2,2-3H3;6H,4-5H2,1-3H3;3H2,1-2H3. The zero-order valence-electron chi connectivity index (χ0n) is 17.4. The second-order valence-corrected chi connectivity index (χ2v) is 6.97. The van der Waals surface area contributed by atoms with E-state index in [0.29, 0.717) is 0 Å². The molecule has 0 unspecified atom stereocenters. The molecule has 0 spiro atoms. The van der Waals surface area contributed by atoms with Crippen LogP contribution in [0.5, 0.6) is 0 Å². The number of allylic oxidation sites excluding steroid dienone is 1. The molecule has 25 heavy (non-hydrogen) atoms. The highest BCUT2D eigenvalue weighted by Crippen LogP contribution is 2.20. The minimum absolute atomic E-state index is 0.898. The smallest absolute Gasteiger partial charge is 0.0704 e. The monoisotopic (exact) mass is 339 g/mol. The molecular formula is C24H37N. The summed E-state index contributed by atoms with van der Waals surface area (Å²) in [7, 11) is 0. The molecule has 1 heteroatoms. The molecule has 0 amide bonds. The second kappa shape index (κ2) is 13.4. The van der Waals surface area contributed by atoms with Gasteiger partial charge >= 0.3 is 0 Å². The summed E-state index contributed by atoms with van der Waals surface area (Å²) < 4.78 is 0. The summed E-state index contributed by atoms with van der Waals surface area (Å²) in [5.41, 5.74) is 5.66. The van der Waals surface area contributed by atoms with Gasteiger partial charge in [-0.05, 0) is 43.0 Å². The number of hydrogen-bond acceptors (Lipinski definition) is 1. The normalized spacial score (nSPS) is 9.60. The van der Waals surface area contributed by atoms with Crippen LogP contribution in [0.3, 0.4) is 0 Å². The maximum atomic E-state index is 4.36. The molecule has 0 aliphatic heterocycles. The van der Waals surface area contributed by atoms with Gasteiger partial charge in [-0.25, -0.2) is 0 Å². The van der Waals surface area contributed by atoms with Gasteiger partial charge in [0.1, 0.15) is 0 Å². The summed E-state index contributed by atoms with van der Waals surface area (Å²) >= 11 is 0. The quantitative estimate of drug-likeness (QED) is 0.550. The lowest BCUT2D eigenvalue weighted by atomic mass is 10.0. The number of aromatic nitrogens is 1. The highest BCUT2D eigenvalue weighted by atomic mass is 14.7. The van der Waals surface area contributed by atoms with Crippen LogP contribution in [0.4, 0.5) is 0 Å². The topological polar surface area (TPSA) is 12.9 Å². The van der Waals surface area contributed by atoms with E-state index in [1.807, 2.05) is 19.2 Å². The fourth-order valence-electron chi connectivity index (χ4n) is 2.20. The molecule has 0 bridgehead atoms. The van der Waals surface area contributed by atoms with Crippen LogP contribution in [0.2, 0.25) is 0 Å². The Morgan fingerprint density at radius 3 is 1.96 bits per heavy atom. The van der Waals surface area contributed by atoms with Crippen molar-refractivity contribution in [3.8, 4) is 11.3 Å². The molecule has 0 aliphatic rings. The zero-order chi connectivity index (χ0) is 19.2. The van der Waals surface area contributed by atoms with Gasteiger partial charge in [0.2, 0.25) is 0 Å². The van der Waals surface area contributed by atoms with E-state index in [9.17, 15) is 0 Å². The molecule has 1 aromatic carbocycles. The van der Waals surface area contributed by atoms with Gasteiger partial charge in [0, 0.05) is 11.8 Å². The van der Waals surface area contributed by atoms with Crippen LogP contribution in [0.1, 0.15) is 71.9 Å². The third-order valence-electron chi connectivity index (χ3n) is 3.45. The van der Waals surface area contributed by atoms with Crippen LogP contribution in [0.25, 0.3) is 16.8 Å². The Morgan fingerprint density at radius 2 is 1.60 bits per heavy atom. The molecule has 0 fully saturated rings. The fourth-order valence-corrected chi connectivity index (χ4v) is 2.20. The second-order valence-electron chi connectivity index (χ2n) is 6.97. The number of hydrogen-bond donors (Lipinski definition) is 0. The predicted molar refractivity (Wildman–Crippen MR) is 115 cm³/mol. The average Bonchev–Trinajstić information content (AvgIpc) is 2.56. The number of aryl methyl sites for hydroxylation is 1. The summed E-state index contributed by atoms with van der Waals surface area (Å²) in [6.45, 7) is 19.0. The lowest BCUT2D eigenvalue weighted by Crippen LogP contribution is -1.85. The maximum absolute atomic E-state index is 4.36. The Hall–Kier alpha value is -1.89. The van der Waals surface area contributed by atoms with Gasteiger partial charge in [0.15, 0.2) is 0 Å². The summed E-state index contributed by atoms with van der Waals surface area (Å²) in [6, 6.07) is 12.4. The van der Waals surface area contributed by atoms with Crippen molar-refractivity contribution >= 4 is 5.57 Å². The van der Waals surface area contributed by atoms with Crippen molar-refractivity contribution in [2.75, 3.05) is 0 Å². The first-order valence-electron chi connectivity index (χ1n) is 9.54. The van der Waals surface area contributed by atoms with Crippen molar-refractivity contribution in [3.05, 3.63) is 60.3 Å². The van der Waals surface area contributed by atoms with E-state index >= 15 is 0 Å². The van der Waals surface area contributed by atoms with Crippen LogP contribution in [-0.2, 0) is 0 Å². The summed E-state index contributed by atoms with van der Waals surface area (Å²) in [6.07, 6.45) is 5.80. The van der Waals surface area contributed by atoms with Crippen molar-refractivity contribution in [2.45, 2.75) is 67.7 Å². The Labute approximate surface area is 156 Å². The Bertz CT molecular complexity index is 594. The summed E-state index contributed by atoms with van der Waals surface area (Å²) in [4.78, 5) is 4.36. The third kappa shape index (κ3) is 10.6. The molecule has 2 rings (SSSR count). The summed E-state index contributed by atoms with van der Waals surface area (Å²) in [5.74, 6) is 0.898. The largest absolute Gasteiger partial charge is 0.256 e. The molecule has 138 valence electrons. The van der Waals surface area contributed by atoms with Gasteiger partial charge in [0.05, 0.1) is 5.69 Å². The molecule has 0 radical (unpaired) electrons. The van der Waals surface area contributed by atoms with E-state index < -0.39 is 0 Å². The molecule has 1 nitrogen and oxygen atoms in total. The first-order chi connectivity index (χ1) is 11.8. The SMILES string of the molecule is C=C(C)c1ccc(-c2cc(C)ccn2)cc1.CCC.CCCC(C)C. The van der Waals surface area contributed by atoms with Crippen molar-refractivity contribution < 1.29 is 0 Å². The number of benzene rings is 1. The Balaban J connectivity index is 0.000000538. The van der Waals surface area contributed by atoms with Crippen LogP contribution in [0.15, 0.2) is 49.2 Å². The van der Waals surface area contributed by atoms with E-state index in [4.69, 9.17) is 0 Å². The molecule has 0 saturated carbocycles. The first-order valence-corrected chi connectivity index (χ1v) is 9.54. The molecule has 0 atom stereocenters. The molecule has 0 aliphatic carbocycles. The minimum atomic E-state index is 0.898. The van der Waals surface area contributed by atoms with E-state index in [-0.39, 0.29) is 0 Å². The molecular weight excluding hydrogens is 302 g/mol. The highest BCUT2D eigenvalue weighted by molar-refractivity contribution is 5.66. The Morgan fingerprint density at radius 1 is 1.04 bits per heavy atom. The van der Waals surface area contributed by atoms with E-state index in [1.54, 1.807) is 0 Å². The van der Waals surface area contributed by atoms with Crippen molar-refractivity contribution in [1.82, 2.24) is 4.98 Å². The van der Waals surface area contributed by atoms with Gasteiger partial charge in [0.25, 0.3) is 0 Å². The van der Waals surface area contributed by atoms with E-state index in [0.717, 1.165) is 22.7 Å². The molecule has 1 heterocycles. The first kappa shape index (κ1) is 23.1. The zero-order valence-corrected chi connectivity index (χ0v) is 17.4. The van der Waals surface area contributed by atoms with Crippen LogP contribution in [0, 0.1) is 12.8 Å². The number of rotatable bonds is 4. The van der Waals surface area contributed by atoms with E-state index in [1.165, 1.54) is 30.4 Å². The maximum Gasteiger partial charge on any atom is 0.0704 e. The predicted octanol–water partition coefficient (Wildman–Crippen LogP) is 7.95. The van der Waals surface area contributed by atoms with Crippen LogP contribution >= 0.6 is 0 Å². The van der Waals surface area contributed by atoms with Crippen molar-refractivity contribution in [2.24, 2.45) is 5.92 Å². The number of nitrogens with zero attached hydrogens (tertiary/aromatic N) is 1. The Kier molecular flexibility index (Phi) is 12.4. The average molecular weight is 340 g/mol. The van der Waals surface area contributed by atoms with Gasteiger partial charge < -0.3 is 0 Å². The van der Waals surface area contributed by atoms with Crippen molar-refractivity contribution in [1.29, 1.82) is 0 Å². The van der Waals surface area contributed by atoms with Gasteiger partial charge in [-0.1, -0.05) is 90.3 Å². The molecule has 1 aromatic heterocycles. The molecule has 2 aromatic rings. The highest BCUT2D eigenvalue weighted by Gasteiger charge is 1.99. The van der Waals surface area contributed by atoms with Crippen LogP contribution < -0.4 is 0 Å². The fraction of sp³-hybridized carbons (Fsp3) is 0.458. The molecule has 0 saturated heterocycles. The lowest BCUT2D eigenvalue weighted by molar-refractivity contribution is 0.576. The molecule has 0 N–H and O–H groups in total. The summed E-state index contributed by atoms with van der Waals surface area (Å²) in [5, 5.41) is 0. The third-order valence-corrected chi connectivity index (χ3v) is 3.45. The van der Waals surface area contributed by atoms with Gasteiger partial charge in [-0.2, -0.15) is 0 Å². The van der Waals surface area contributed by atoms with Crippen LogP contribution in [-0.4, -0.2) is 4.98 Å². The van der Waals surface area contributed by atoms with Crippen molar-refractivity contribution in [3.63, 3.8) is 0 Å². The van der Waals surface area contributed by atoms with Gasteiger partial charge in [-0.15, -0.1) is 0 Å². The van der Waals surface area contributed by atoms with Gasteiger partial charge in [-0.3, -0.25) is 4.98 Å². The van der Waals surface area contributed by atoms with E-state index in [2.05, 4.69) is 83.4 Å². The lowest BCUT2D eigenvalue weighted by Gasteiger charge is -2.04.